The van der Waals surface area contributed by atoms with Gasteiger partial charge in [0.05, 0.1) is 0 Å². The van der Waals surface area contributed by atoms with Crippen LogP contribution in [0.1, 0.15) is 54.1 Å². The Morgan fingerprint density at radius 2 is 2.00 bits per heavy atom. The number of hydrogen-bond donors (Lipinski definition) is 0. The maximum absolute atomic E-state index is 12.6. The van der Waals surface area contributed by atoms with Crippen molar-refractivity contribution in [3.05, 3.63) is 34.9 Å². The molecule has 1 saturated heterocycles. The van der Waals surface area contributed by atoms with Gasteiger partial charge in [0.2, 0.25) is 0 Å². The van der Waals surface area contributed by atoms with Crippen molar-refractivity contribution in [2.75, 3.05) is 6.61 Å². The lowest BCUT2D eigenvalue weighted by Crippen LogP contribution is -2.41. The normalized spacial score (nSPS) is 26.9. The van der Waals surface area contributed by atoms with Crippen LogP contribution >= 0.6 is 0 Å². The number of fused-ring (bicyclic) bond motifs is 1. The summed E-state index contributed by atoms with van der Waals surface area (Å²) in [6.45, 7) is 2.66. The fraction of sp³-hybridized carbons (Fsp3) is 0.562. The predicted molar refractivity (Wildman–Crippen MR) is 71.0 cm³/mol. The predicted octanol–water partition coefficient (Wildman–Crippen LogP) is 3.32. The Morgan fingerprint density at radius 1 is 1.17 bits per heavy atom. The largest absolute Gasteiger partial charge is 0.367 e. The highest BCUT2D eigenvalue weighted by atomic mass is 16.5. The molecule has 18 heavy (non-hydrogen) atoms. The quantitative estimate of drug-likeness (QED) is 0.746. The van der Waals surface area contributed by atoms with Crippen molar-refractivity contribution >= 4 is 5.78 Å². The Morgan fingerprint density at radius 3 is 2.78 bits per heavy atom. The summed E-state index contributed by atoms with van der Waals surface area (Å²) in [5.41, 5.74) is 3.02. The minimum atomic E-state index is -0.592. The number of aryl methyl sites for hydroxylation is 2. The zero-order chi connectivity index (χ0) is 12.6. The van der Waals surface area contributed by atoms with E-state index >= 15 is 0 Å². The summed E-state index contributed by atoms with van der Waals surface area (Å²) in [5, 5.41) is 0. The van der Waals surface area contributed by atoms with Crippen molar-refractivity contribution in [3.8, 4) is 0 Å². The number of carbonyl (C=O) groups is 1. The van der Waals surface area contributed by atoms with Gasteiger partial charge < -0.3 is 4.74 Å². The highest BCUT2D eigenvalue weighted by Crippen LogP contribution is 2.30. The van der Waals surface area contributed by atoms with Crippen LogP contribution in [0, 0.1) is 0 Å². The van der Waals surface area contributed by atoms with Gasteiger partial charge in [0, 0.05) is 12.2 Å². The Hall–Kier alpha value is -1.15. The first kappa shape index (κ1) is 11.9. The van der Waals surface area contributed by atoms with Crippen LogP contribution in [0.5, 0.6) is 0 Å². The van der Waals surface area contributed by atoms with Gasteiger partial charge in [0.15, 0.2) is 5.78 Å². The van der Waals surface area contributed by atoms with Crippen molar-refractivity contribution in [2.24, 2.45) is 0 Å². The second-order valence-corrected chi connectivity index (χ2v) is 5.70. The van der Waals surface area contributed by atoms with Crippen LogP contribution in [0.3, 0.4) is 0 Å². The zero-order valence-corrected chi connectivity index (χ0v) is 11.0. The van der Waals surface area contributed by atoms with E-state index in [2.05, 4.69) is 12.1 Å². The number of Topliss-reactive ketones (excluding diaryl/α,β-unsaturated/α-hetero) is 1. The van der Waals surface area contributed by atoms with Gasteiger partial charge in [-0.25, -0.2) is 0 Å². The van der Waals surface area contributed by atoms with Crippen LogP contribution in [0.15, 0.2) is 18.2 Å². The molecule has 1 atom stereocenters. The molecule has 96 valence electrons. The van der Waals surface area contributed by atoms with Crippen molar-refractivity contribution in [2.45, 2.75) is 51.0 Å². The summed E-state index contributed by atoms with van der Waals surface area (Å²) in [6, 6.07) is 6.20. The molecule has 2 heteroatoms. The minimum Gasteiger partial charge on any atom is -0.367 e. The molecule has 0 N–H and O–H groups in total. The van der Waals surface area contributed by atoms with Crippen molar-refractivity contribution in [1.29, 1.82) is 0 Å². The third kappa shape index (κ3) is 1.99. The topological polar surface area (TPSA) is 26.3 Å². The van der Waals surface area contributed by atoms with Gasteiger partial charge in [-0.2, -0.15) is 0 Å². The summed E-state index contributed by atoms with van der Waals surface area (Å²) in [7, 11) is 0. The molecule has 0 amide bonds. The molecular formula is C16H20O2. The SMILES string of the molecule is CC1(C(=O)c2ccc3c(c2)CCC3)CCCCO1. The van der Waals surface area contributed by atoms with Gasteiger partial charge in [0.25, 0.3) is 0 Å². The fourth-order valence-electron chi connectivity index (χ4n) is 3.13. The first-order chi connectivity index (χ1) is 8.69. The van der Waals surface area contributed by atoms with Crippen molar-refractivity contribution in [1.82, 2.24) is 0 Å². The standard InChI is InChI=1S/C16H20O2/c1-16(9-2-3-10-18-16)15(17)14-8-7-12-5-4-6-13(12)11-14/h7-8,11H,2-6,9-10H2,1H3. The molecule has 3 rings (SSSR count). The number of hydrogen-bond acceptors (Lipinski definition) is 2. The molecule has 1 aromatic rings. The van der Waals surface area contributed by atoms with E-state index in [9.17, 15) is 4.79 Å². The van der Waals surface area contributed by atoms with Crippen molar-refractivity contribution < 1.29 is 9.53 Å². The molecule has 0 radical (unpaired) electrons. The molecular weight excluding hydrogens is 224 g/mol. The summed E-state index contributed by atoms with van der Waals surface area (Å²) in [5.74, 6) is 0.164. The minimum absolute atomic E-state index is 0.164. The smallest absolute Gasteiger partial charge is 0.194 e. The van der Waals surface area contributed by atoms with E-state index in [-0.39, 0.29) is 5.78 Å². The van der Waals surface area contributed by atoms with Crippen molar-refractivity contribution in [3.63, 3.8) is 0 Å². The number of ketones is 1. The highest BCUT2D eigenvalue weighted by molar-refractivity contribution is 6.02. The lowest BCUT2D eigenvalue weighted by Gasteiger charge is -2.32. The second kappa shape index (κ2) is 4.51. The van der Waals surface area contributed by atoms with Crippen LogP contribution in [0.2, 0.25) is 0 Å². The Balaban J connectivity index is 1.88. The van der Waals surface area contributed by atoms with E-state index in [1.165, 1.54) is 17.5 Å². The number of benzene rings is 1. The fourth-order valence-corrected chi connectivity index (χ4v) is 3.13. The molecule has 0 saturated carbocycles. The van der Waals surface area contributed by atoms with Gasteiger partial charge in [-0.3, -0.25) is 4.79 Å². The van der Waals surface area contributed by atoms with E-state index in [4.69, 9.17) is 4.74 Å². The lowest BCUT2D eigenvalue weighted by molar-refractivity contribution is -0.0426. The van der Waals surface area contributed by atoms with Gasteiger partial charge in [-0.1, -0.05) is 12.1 Å². The third-order valence-electron chi connectivity index (χ3n) is 4.31. The van der Waals surface area contributed by atoms with Gasteiger partial charge in [-0.05, 0) is 62.6 Å². The Kier molecular flexibility index (Phi) is 2.98. The van der Waals surface area contributed by atoms with Gasteiger partial charge >= 0.3 is 0 Å². The maximum atomic E-state index is 12.6. The van der Waals surface area contributed by atoms with Crippen LogP contribution < -0.4 is 0 Å². The molecule has 2 aliphatic rings. The van der Waals surface area contributed by atoms with Gasteiger partial charge in [0.1, 0.15) is 5.60 Å². The number of rotatable bonds is 2. The van der Waals surface area contributed by atoms with E-state index < -0.39 is 5.60 Å². The van der Waals surface area contributed by atoms with Crippen LogP contribution in [0.25, 0.3) is 0 Å². The number of carbonyl (C=O) groups excluding carboxylic acids is 1. The first-order valence-electron chi connectivity index (χ1n) is 7.00. The molecule has 1 unspecified atom stereocenters. The second-order valence-electron chi connectivity index (χ2n) is 5.70. The van der Waals surface area contributed by atoms with Crippen LogP contribution in [0.4, 0.5) is 0 Å². The molecule has 1 aliphatic heterocycles. The van der Waals surface area contributed by atoms with Gasteiger partial charge in [-0.15, -0.1) is 0 Å². The zero-order valence-electron chi connectivity index (χ0n) is 11.0. The molecule has 0 bridgehead atoms. The average molecular weight is 244 g/mol. The molecule has 1 heterocycles. The lowest BCUT2D eigenvalue weighted by atomic mass is 9.87. The monoisotopic (exact) mass is 244 g/mol. The summed E-state index contributed by atoms with van der Waals surface area (Å²) in [4.78, 5) is 12.6. The number of ether oxygens (including phenoxy) is 1. The average Bonchev–Trinajstić information content (AvgIpc) is 2.86. The Bertz CT molecular complexity index is 470. The molecule has 0 spiro atoms. The molecule has 0 aromatic heterocycles. The van der Waals surface area contributed by atoms with Crippen LogP contribution in [-0.2, 0) is 17.6 Å². The molecule has 2 nitrogen and oxygen atoms in total. The Labute approximate surface area is 108 Å². The van der Waals surface area contributed by atoms with E-state index in [1.54, 1.807) is 0 Å². The van der Waals surface area contributed by atoms with E-state index in [0.717, 1.165) is 37.7 Å². The summed E-state index contributed by atoms with van der Waals surface area (Å²) >= 11 is 0. The summed E-state index contributed by atoms with van der Waals surface area (Å²) < 4.78 is 5.75. The maximum Gasteiger partial charge on any atom is 0.194 e. The molecule has 1 fully saturated rings. The van der Waals surface area contributed by atoms with E-state index in [1.807, 2.05) is 13.0 Å². The molecule has 1 aromatic carbocycles. The first-order valence-corrected chi connectivity index (χ1v) is 7.00. The van der Waals surface area contributed by atoms with Crippen LogP contribution in [-0.4, -0.2) is 18.0 Å². The van der Waals surface area contributed by atoms with E-state index in [0.29, 0.717) is 6.61 Å². The molecule has 1 aliphatic carbocycles. The summed E-state index contributed by atoms with van der Waals surface area (Å²) in [6.07, 6.45) is 6.52. The highest BCUT2D eigenvalue weighted by Gasteiger charge is 2.36. The third-order valence-corrected chi connectivity index (χ3v) is 4.31.